The van der Waals surface area contributed by atoms with Gasteiger partial charge in [-0.25, -0.2) is 0 Å². The number of nitrogens with zero attached hydrogens (tertiary/aromatic N) is 1. The number of carbonyl (C=O) groups excluding carboxylic acids is 1. The smallest absolute Gasteiger partial charge is 0.306 e. The standard InChI is InChI=1S/C13H17NO4S/c1-2-9-3-6-19-12(9)13(17)14-4-5-18-10(8-14)7-11(15)16/h3,6,10H,2,4-5,7-8H2,1H3,(H,15,16)/t10-/m0/s1. The number of carboxylic acid groups (broad SMARTS) is 1. The number of morpholine rings is 1. The average molecular weight is 283 g/mol. The first-order valence-electron chi connectivity index (χ1n) is 6.30. The second-order valence-corrected chi connectivity index (χ2v) is 5.39. The van der Waals surface area contributed by atoms with Crippen LogP contribution in [0.1, 0.15) is 28.6 Å². The van der Waals surface area contributed by atoms with E-state index >= 15 is 0 Å². The van der Waals surface area contributed by atoms with Gasteiger partial charge in [0.05, 0.1) is 24.0 Å². The van der Waals surface area contributed by atoms with Crippen LogP contribution in [0.2, 0.25) is 0 Å². The molecule has 1 aromatic rings. The fourth-order valence-corrected chi connectivity index (χ4v) is 3.13. The molecule has 6 heteroatoms. The van der Waals surface area contributed by atoms with Crippen LogP contribution in [0.4, 0.5) is 0 Å². The Kier molecular flexibility index (Phi) is 4.55. The van der Waals surface area contributed by atoms with E-state index in [1.54, 1.807) is 4.90 Å². The summed E-state index contributed by atoms with van der Waals surface area (Å²) in [6.45, 7) is 3.30. The first-order chi connectivity index (χ1) is 9.11. The van der Waals surface area contributed by atoms with Crippen LogP contribution in [-0.2, 0) is 16.0 Å². The van der Waals surface area contributed by atoms with Crippen molar-refractivity contribution in [2.45, 2.75) is 25.9 Å². The molecule has 0 radical (unpaired) electrons. The minimum absolute atomic E-state index is 0.00876. The van der Waals surface area contributed by atoms with E-state index in [-0.39, 0.29) is 12.3 Å². The second kappa shape index (κ2) is 6.16. The van der Waals surface area contributed by atoms with Crippen molar-refractivity contribution < 1.29 is 19.4 Å². The van der Waals surface area contributed by atoms with E-state index in [1.165, 1.54) is 11.3 Å². The number of carboxylic acids is 1. The number of aryl methyl sites for hydroxylation is 1. The van der Waals surface area contributed by atoms with Crippen LogP contribution in [0.15, 0.2) is 11.4 Å². The highest BCUT2D eigenvalue weighted by atomic mass is 32.1. The fourth-order valence-electron chi connectivity index (χ4n) is 2.17. The molecule has 1 saturated heterocycles. The zero-order valence-electron chi connectivity index (χ0n) is 10.8. The molecule has 0 spiro atoms. The Morgan fingerprint density at radius 2 is 2.37 bits per heavy atom. The van der Waals surface area contributed by atoms with Gasteiger partial charge in [-0.3, -0.25) is 9.59 Å². The van der Waals surface area contributed by atoms with Gasteiger partial charge in [-0.1, -0.05) is 6.92 Å². The second-order valence-electron chi connectivity index (χ2n) is 4.47. The summed E-state index contributed by atoms with van der Waals surface area (Å²) in [6, 6.07) is 1.97. The van der Waals surface area contributed by atoms with Crippen molar-refractivity contribution in [3.05, 3.63) is 21.9 Å². The molecule has 0 unspecified atom stereocenters. The largest absolute Gasteiger partial charge is 0.481 e. The van der Waals surface area contributed by atoms with Gasteiger partial charge in [0.15, 0.2) is 0 Å². The molecule has 2 rings (SSSR count). The molecule has 1 atom stereocenters. The van der Waals surface area contributed by atoms with Gasteiger partial charge in [0.2, 0.25) is 0 Å². The quantitative estimate of drug-likeness (QED) is 0.912. The summed E-state index contributed by atoms with van der Waals surface area (Å²) in [5.41, 5.74) is 1.05. The van der Waals surface area contributed by atoms with Crippen LogP contribution in [0.3, 0.4) is 0 Å². The minimum Gasteiger partial charge on any atom is -0.481 e. The number of ether oxygens (including phenoxy) is 1. The molecule has 19 heavy (non-hydrogen) atoms. The lowest BCUT2D eigenvalue weighted by molar-refractivity contribution is -0.141. The summed E-state index contributed by atoms with van der Waals surface area (Å²) in [4.78, 5) is 25.6. The van der Waals surface area contributed by atoms with E-state index in [2.05, 4.69) is 0 Å². The van der Waals surface area contributed by atoms with Gasteiger partial charge in [-0.05, 0) is 23.4 Å². The Balaban J connectivity index is 2.05. The Bertz CT molecular complexity index is 471. The van der Waals surface area contributed by atoms with Crippen LogP contribution in [-0.4, -0.2) is 47.7 Å². The van der Waals surface area contributed by atoms with E-state index in [1.807, 2.05) is 18.4 Å². The summed E-state index contributed by atoms with van der Waals surface area (Å²) in [5.74, 6) is -0.907. The Hall–Kier alpha value is -1.40. The third-order valence-corrected chi connectivity index (χ3v) is 4.09. The molecule has 0 aromatic carbocycles. The SMILES string of the molecule is CCc1ccsc1C(=O)N1CCO[C@@H](CC(=O)O)C1. The summed E-state index contributed by atoms with van der Waals surface area (Å²) in [6.07, 6.45) is 0.364. The third kappa shape index (κ3) is 3.33. The maximum atomic E-state index is 12.4. The van der Waals surface area contributed by atoms with E-state index in [4.69, 9.17) is 9.84 Å². The molecule has 1 amide bonds. The van der Waals surface area contributed by atoms with Gasteiger partial charge in [0.1, 0.15) is 0 Å². The average Bonchev–Trinajstić information content (AvgIpc) is 2.85. The molecular weight excluding hydrogens is 266 g/mol. The maximum Gasteiger partial charge on any atom is 0.306 e. The summed E-state index contributed by atoms with van der Waals surface area (Å²) in [7, 11) is 0. The highest BCUT2D eigenvalue weighted by Gasteiger charge is 2.27. The topological polar surface area (TPSA) is 66.8 Å². The van der Waals surface area contributed by atoms with Crippen molar-refractivity contribution in [1.82, 2.24) is 4.90 Å². The predicted molar refractivity (Wildman–Crippen MR) is 71.6 cm³/mol. The monoisotopic (exact) mass is 283 g/mol. The van der Waals surface area contributed by atoms with Crippen molar-refractivity contribution in [2.75, 3.05) is 19.7 Å². The Morgan fingerprint density at radius 1 is 1.58 bits per heavy atom. The molecule has 0 bridgehead atoms. The number of thiophene rings is 1. The molecular formula is C13H17NO4S. The predicted octanol–water partition coefficient (Wildman–Crippen LogP) is 1.63. The van der Waals surface area contributed by atoms with Gasteiger partial charge in [-0.2, -0.15) is 0 Å². The Labute approximate surface area is 115 Å². The molecule has 0 saturated carbocycles. The molecule has 5 nitrogen and oxygen atoms in total. The molecule has 1 N–H and O–H groups in total. The maximum absolute atomic E-state index is 12.4. The molecule has 1 aliphatic heterocycles. The normalized spacial score (nSPS) is 19.4. The number of hydrogen-bond acceptors (Lipinski definition) is 4. The lowest BCUT2D eigenvalue weighted by atomic mass is 10.1. The zero-order chi connectivity index (χ0) is 13.8. The van der Waals surface area contributed by atoms with Gasteiger partial charge < -0.3 is 14.7 Å². The zero-order valence-corrected chi connectivity index (χ0v) is 11.6. The number of carbonyl (C=O) groups is 2. The summed E-state index contributed by atoms with van der Waals surface area (Å²) in [5, 5.41) is 10.7. The van der Waals surface area contributed by atoms with E-state index in [0.717, 1.165) is 16.9 Å². The summed E-state index contributed by atoms with van der Waals surface area (Å²) < 4.78 is 5.37. The van der Waals surface area contributed by atoms with Gasteiger partial charge in [-0.15, -0.1) is 11.3 Å². The highest BCUT2D eigenvalue weighted by Crippen LogP contribution is 2.21. The molecule has 1 fully saturated rings. The van der Waals surface area contributed by atoms with Crippen molar-refractivity contribution in [1.29, 1.82) is 0 Å². The molecule has 2 heterocycles. The van der Waals surface area contributed by atoms with E-state index in [0.29, 0.717) is 19.7 Å². The highest BCUT2D eigenvalue weighted by molar-refractivity contribution is 7.12. The van der Waals surface area contributed by atoms with Crippen LogP contribution >= 0.6 is 11.3 Å². The number of rotatable bonds is 4. The molecule has 0 aliphatic carbocycles. The first kappa shape index (κ1) is 14.0. The van der Waals surface area contributed by atoms with Crippen molar-refractivity contribution in [3.63, 3.8) is 0 Å². The molecule has 104 valence electrons. The van der Waals surface area contributed by atoms with E-state index < -0.39 is 12.1 Å². The summed E-state index contributed by atoms with van der Waals surface area (Å²) >= 11 is 1.44. The van der Waals surface area contributed by atoms with Crippen LogP contribution in [0, 0.1) is 0 Å². The van der Waals surface area contributed by atoms with Crippen LogP contribution in [0.25, 0.3) is 0 Å². The molecule has 1 aromatic heterocycles. The van der Waals surface area contributed by atoms with Gasteiger partial charge >= 0.3 is 5.97 Å². The minimum atomic E-state index is -0.898. The number of amides is 1. The van der Waals surface area contributed by atoms with Gasteiger partial charge in [0.25, 0.3) is 5.91 Å². The third-order valence-electron chi connectivity index (χ3n) is 3.15. The molecule has 1 aliphatic rings. The Morgan fingerprint density at radius 3 is 3.05 bits per heavy atom. The van der Waals surface area contributed by atoms with Crippen LogP contribution in [0.5, 0.6) is 0 Å². The van der Waals surface area contributed by atoms with Gasteiger partial charge in [0, 0.05) is 13.1 Å². The fraction of sp³-hybridized carbons (Fsp3) is 0.538. The van der Waals surface area contributed by atoms with Crippen LogP contribution < -0.4 is 0 Å². The number of aliphatic carboxylic acids is 1. The van der Waals surface area contributed by atoms with Crippen molar-refractivity contribution >= 4 is 23.2 Å². The van der Waals surface area contributed by atoms with Crippen molar-refractivity contribution in [3.8, 4) is 0 Å². The van der Waals surface area contributed by atoms with E-state index in [9.17, 15) is 9.59 Å². The van der Waals surface area contributed by atoms with Crippen molar-refractivity contribution in [2.24, 2.45) is 0 Å². The first-order valence-corrected chi connectivity index (χ1v) is 7.18. The number of hydrogen-bond donors (Lipinski definition) is 1. The lowest BCUT2D eigenvalue weighted by Crippen LogP contribution is -2.46. The lowest BCUT2D eigenvalue weighted by Gasteiger charge is -2.32.